The molecule has 1 nitrogen and oxygen atoms in total. The molecule has 1 heteroatoms. The molecular formula is C12H12O. The fourth-order valence-electron chi connectivity index (χ4n) is 1.14. The summed E-state index contributed by atoms with van der Waals surface area (Å²) < 4.78 is 0. The third-order valence-electron chi connectivity index (χ3n) is 1.84. The second kappa shape index (κ2) is 4.44. The molecule has 0 unspecified atom stereocenters. The smallest absolute Gasteiger partial charge is 0.170 e. The topological polar surface area (TPSA) is 17.1 Å². The molecule has 0 fully saturated rings. The van der Waals surface area contributed by atoms with Crippen molar-refractivity contribution < 1.29 is 4.79 Å². The van der Waals surface area contributed by atoms with Crippen molar-refractivity contribution in [3.63, 3.8) is 0 Å². The number of carbonyl (C=O) groups is 1. The summed E-state index contributed by atoms with van der Waals surface area (Å²) >= 11 is 0. The lowest BCUT2D eigenvalue weighted by molar-refractivity contribution is -0.113. The molecule has 0 aromatic heterocycles. The van der Waals surface area contributed by atoms with E-state index in [-0.39, 0.29) is 5.78 Å². The average Bonchev–Trinajstić information content (AvgIpc) is 2.20. The highest BCUT2D eigenvalue weighted by Crippen LogP contribution is 2.14. The minimum Gasteiger partial charge on any atom is -0.293 e. The second-order valence-corrected chi connectivity index (χ2v) is 2.69. The van der Waals surface area contributed by atoms with Crippen LogP contribution in [-0.2, 0) is 4.79 Å². The Morgan fingerprint density at radius 2 is 2.00 bits per heavy atom. The number of benzene rings is 1. The van der Waals surface area contributed by atoms with Gasteiger partial charge in [-0.3, -0.25) is 4.79 Å². The molecule has 0 bridgehead atoms. The van der Waals surface area contributed by atoms with Crippen LogP contribution < -0.4 is 0 Å². The van der Waals surface area contributed by atoms with Gasteiger partial charge in [0.05, 0.1) is 5.57 Å². The molecule has 1 aromatic carbocycles. The van der Waals surface area contributed by atoms with Crippen LogP contribution in [0.3, 0.4) is 0 Å². The second-order valence-electron chi connectivity index (χ2n) is 2.69. The maximum atomic E-state index is 11.4. The molecule has 1 rings (SSSR count). The minimum absolute atomic E-state index is 0.0844. The van der Waals surface area contributed by atoms with Crippen molar-refractivity contribution in [1.82, 2.24) is 0 Å². The molecule has 0 amide bonds. The van der Waals surface area contributed by atoms with Crippen LogP contribution in [0.15, 0.2) is 42.6 Å². The third kappa shape index (κ3) is 2.17. The number of allylic oxidation sites excluding steroid dienone is 1. The highest BCUT2D eigenvalue weighted by Gasteiger charge is 2.07. The van der Waals surface area contributed by atoms with Crippen molar-refractivity contribution in [3.8, 4) is 0 Å². The summed E-state index contributed by atoms with van der Waals surface area (Å²) in [5.74, 6) is 0.0844. The Morgan fingerprint density at radius 3 is 2.46 bits per heavy atom. The number of rotatable bonds is 3. The highest BCUT2D eigenvalue weighted by molar-refractivity contribution is 6.20. The summed E-state index contributed by atoms with van der Waals surface area (Å²) in [5.41, 5.74) is 4.17. The summed E-state index contributed by atoms with van der Waals surface area (Å²) in [5, 5.41) is 0. The summed E-state index contributed by atoms with van der Waals surface area (Å²) in [6.45, 7) is 5.36. The Balaban J connectivity index is 3.07. The van der Waals surface area contributed by atoms with E-state index < -0.39 is 0 Å². The van der Waals surface area contributed by atoms with Crippen LogP contribution in [0.25, 0.3) is 5.57 Å². The van der Waals surface area contributed by atoms with Gasteiger partial charge in [-0.2, -0.15) is 0 Å². The normalized spacial score (nSPS) is 9.00. The molecule has 0 heterocycles. The number of carbonyl (C=O) groups excluding carboxylic acids is 1. The first-order valence-electron chi connectivity index (χ1n) is 4.28. The maximum absolute atomic E-state index is 11.4. The lowest BCUT2D eigenvalue weighted by atomic mass is 10.0. The van der Waals surface area contributed by atoms with E-state index in [1.165, 1.54) is 0 Å². The number of hydrogen-bond donors (Lipinski definition) is 0. The molecule has 1 aromatic rings. The molecule has 0 saturated heterocycles. The molecule has 0 aliphatic rings. The van der Waals surface area contributed by atoms with Crippen molar-refractivity contribution in [2.24, 2.45) is 0 Å². The van der Waals surface area contributed by atoms with E-state index in [2.05, 4.69) is 12.3 Å². The molecule has 0 atom stereocenters. The van der Waals surface area contributed by atoms with Crippen molar-refractivity contribution in [2.75, 3.05) is 0 Å². The number of Topliss-reactive ketones (excluding diaryl/α,β-unsaturated/α-hetero) is 1. The zero-order valence-electron chi connectivity index (χ0n) is 7.71. The van der Waals surface area contributed by atoms with Gasteiger partial charge in [0.2, 0.25) is 0 Å². The van der Waals surface area contributed by atoms with Gasteiger partial charge in [-0.25, -0.2) is 0 Å². The van der Waals surface area contributed by atoms with Gasteiger partial charge in [-0.1, -0.05) is 43.8 Å². The van der Waals surface area contributed by atoms with Gasteiger partial charge in [0, 0.05) is 6.42 Å². The maximum Gasteiger partial charge on any atom is 0.170 e. The third-order valence-corrected chi connectivity index (χ3v) is 1.84. The van der Waals surface area contributed by atoms with Crippen LogP contribution in [-0.4, -0.2) is 5.78 Å². The lowest BCUT2D eigenvalue weighted by Crippen LogP contribution is -1.98. The van der Waals surface area contributed by atoms with Gasteiger partial charge < -0.3 is 0 Å². The number of hydrogen-bond acceptors (Lipinski definition) is 1. The fraction of sp³-hybridized carbons (Fsp3) is 0.167. The van der Waals surface area contributed by atoms with Gasteiger partial charge in [-0.05, 0) is 5.56 Å². The van der Waals surface area contributed by atoms with E-state index in [4.69, 9.17) is 0 Å². The first-order valence-corrected chi connectivity index (χ1v) is 4.28. The predicted octanol–water partition coefficient (Wildman–Crippen LogP) is 2.83. The van der Waals surface area contributed by atoms with Crippen LogP contribution >= 0.6 is 0 Å². The number of ketones is 1. The fourth-order valence-corrected chi connectivity index (χ4v) is 1.14. The summed E-state index contributed by atoms with van der Waals surface area (Å²) in [4.78, 5) is 11.4. The first-order chi connectivity index (χ1) is 6.29. The van der Waals surface area contributed by atoms with Gasteiger partial charge in [0.25, 0.3) is 0 Å². The van der Waals surface area contributed by atoms with Crippen LogP contribution in [0.4, 0.5) is 0 Å². The quantitative estimate of drug-likeness (QED) is 0.506. The molecule has 66 valence electrons. The molecule has 13 heavy (non-hydrogen) atoms. The Bertz CT molecular complexity index is 343. The molecule has 0 aliphatic heterocycles. The molecular weight excluding hydrogens is 160 g/mol. The Kier molecular flexibility index (Phi) is 3.24. The van der Waals surface area contributed by atoms with Crippen LogP contribution in [0.5, 0.6) is 0 Å². The zero-order chi connectivity index (χ0) is 9.68. The summed E-state index contributed by atoms with van der Waals surface area (Å²) in [7, 11) is 0. The Hall–Kier alpha value is -1.59. The standard InChI is InChI=1S/C12H12O/c1-3-11(12(13)4-2)10-8-6-5-7-9-10/h5-9H,1,4H2,2H3. The van der Waals surface area contributed by atoms with E-state index in [1.54, 1.807) is 0 Å². The Morgan fingerprint density at radius 1 is 1.38 bits per heavy atom. The van der Waals surface area contributed by atoms with E-state index in [0.717, 1.165) is 5.56 Å². The summed E-state index contributed by atoms with van der Waals surface area (Å²) in [6.07, 6.45) is 0.493. The first kappa shape index (κ1) is 9.50. The van der Waals surface area contributed by atoms with Gasteiger partial charge in [-0.15, -0.1) is 5.73 Å². The van der Waals surface area contributed by atoms with Crippen molar-refractivity contribution in [3.05, 3.63) is 48.2 Å². The van der Waals surface area contributed by atoms with Crippen molar-refractivity contribution in [2.45, 2.75) is 13.3 Å². The van der Waals surface area contributed by atoms with E-state index in [0.29, 0.717) is 12.0 Å². The zero-order valence-corrected chi connectivity index (χ0v) is 7.71. The van der Waals surface area contributed by atoms with E-state index in [9.17, 15) is 4.79 Å². The van der Waals surface area contributed by atoms with Crippen molar-refractivity contribution >= 4 is 11.4 Å². The molecule has 0 spiro atoms. The molecule has 0 N–H and O–H groups in total. The largest absolute Gasteiger partial charge is 0.293 e. The minimum atomic E-state index is 0.0844. The van der Waals surface area contributed by atoms with Crippen LogP contribution in [0.2, 0.25) is 0 Å². The molecule has 0 radical (unpaired) electrons. The Labute approximate surface area is 78.4 Å². The monoisotopic (exact) mass is 172 g/mol. The van der Waals surface area contributed by atoms with Crippen LogP contribution in [0.1, 0.15) is 18.9 Å². The molecule has 0 aliphatic carbocycles. The SMILES string of the molecule is C=C=C(C(=O)CC)c1ccccc1. The van der Waals surface area contributed by atoms with Gasteiger partial charge in [0.15, 0.2) is 5.78 Å². The van der Waals surface area contributed by atoms with Gasteiger partial charge >= 0.3 is 0 Å². The summed E-state index contributed by atoms with van der Waals surface area (Å²) in [6, 6.07) is 9.49. The lowest BCUT2D eigenvalue weighted by Gasteiger charge is -2.00. The van der Waals surface area contributed by atoms with E-state index in [1.807, 2.05) is 37.3 Å². The van der Waals surface area contributed by atoms with Crippen LogP contribution in [0, 0.1) is 0 Å². The van der Waals surface area contributed by atoms with Crippen molar-refractivity contribution in [1.29, 1.82) is 0 Å². The predicted molar refractivity (Wildman–Crippen MR) is 54.3 cm³/mol. The van der Waals surface area contributed by atoms with E-state index >= 15 is 0 Å². The van der Waals surface area contributed by atoms with Gasteiger partial charge in [0.1, 0.15) is 0 Å². The highest BCUT2D eigenvalue weighted by atomic mass is 16.1. The molecule has 0 saturated carbocycles. The average molecular weight is 172 g/mol.